The molecular formula is C10H17NO4. The van der Waals surface area contributed by atoms with Crippen LogP contribution in [0.1, 0.15) is 32.6 Å². The number of carbonyl (C=O) groups is 2. The average Bonchev–Trinajstić information content (AvgIpc) is 2.18. The molecule has 1 heterocycles. The lowest BCUT2D eigenvalue weighted by molar-refractivity contribution is -0.152. The van der Waals surface area contributed by atoms with E-state index in [1.807, 2.05) is 6.92 Å². The van der Waals surface area contributed by atoms with Crippen molar-refractivity contribution in [3.05, 3.63) is 0 Å². The van der Waals surface area contributed by atoms with Gasteiger partial charge in [0.15, 0.2) is 0 Å². The van der Waals surface area contributed by atoms with Gasteiger partial charge in [-0.3, -0.25) is 4.79 Å². The predicted octanol–water partition coefficient (Wildman–Crippen LogP) is 1.63. The van der Waals surface area contributed by atoms with Crippen LogP contribution in [0.5, 0.6) is 0 Å². The summed E-state index contributed by atoms with van der Waals surface area (Å²) < 4.78 is 0. The number of carboxylic acids is 1. The van der Waals surface area contributed by atoms with Gasteiger partial charge in [0.05, 0.1) is 5.41 Å². The Morgan fingerprint density at radius 3 is 2.13 bits per heavy atom. The van der Waals surface area contributed by atoms with Crippen molar-refractivity contribution in [2.24, 2.45) is 5.41 Å². The van der Waals surface area contributed by atoms with Gasteiger partial charge in [0, 0.05) is 13.1 Å². The number of nitrogens with zero attached hydrogens (tertiary/aromatic N) is 1. The second kappa shape index (κ2) is 4.51. The largest absolute Gasteiger partial charge is 0.481 e. The van der Waals surface area contributed by atoms with Gasteiger partial charge in [-0.2, -0.15) is 0 Å². The second-order valence-electron chi connectivity index (χ2n) is 4.11. The molecule has 0 saturated carbocycles. The molecule has 0 aromatic heterocycles. The van der Waals surface area contributed by atoms with Crippen LogP contribution in [0.4, 0.5) is 4.79 Å². The van der Waals surface area contributed by atoms with Crippen LogP contribution in [0.15, 0.2) is 0 Å². The highest BCUT2D eigenvalue weighted by atomic mass is 16.4. The van der Waals surface area contributed by atoms with Gasteiger partial charge in [0.1, 0.15) is 0 Å². The van der Waals surface area contributed by atoms with E-state index in [1.165, 1.54) is 4.90 Å². The van der Waals surface area contributed by atoms with Crippen LogP contribution in [0.3, 0.4) is 0 Å². The Kier molecular flexibility index (Phi) is 3.55. The van der Waals surface area contributed by atoms with Gasteiger partial charge in [-0.25, -0.2) is 4.79 Å². The highest BCUT2D eigenvalue weighted by molar-refractivity contribution is 5.75. The first kappa shape index (κ1) is 11.8. The van der Waals surface area contributed by atoms with E-state index in [1.54, 1.807) is 0 Å². The summed E-state index contributed by atoms with van der Waals surface area (Å²) in [5, 5.41) is 17.9. The minimum atomic E-state index is -0.953. The number of hydrogen-bond acceptors (Lipinski definition) is 2. The first-order valence-electron chi connectivity index (χ1n) is 5.23. The third-order valence-corrected chi connectivity index (χ3v) is 3.17. The molecule has 0 unspecified atom stereocenters. The number of hydrogen-bond donors (Lipinski definition) is 2. The molecule has 5 heteroatoms. The zero-order valence-corrected chi connectivity index (χ0v) is 8.90. The van der Waals surface area contributed by atoms with Crippen molar-refractivity contribution in [1.82, 2.24) is 4.90 Å². The van der Waals surface area contributed by atoms with Crippen molar-refractivity contribution in [3.8, 4) is 0 Å². The van der Waals surface area contributed by atoms with E-state index in [4.69, 9.17) is 5.11 Å². The number of likely N-dealkylation sites (tertiary alicyclic amines) is 1. The van der Waals surface area contributed by atoms with Crippen molar-refractivity contribution in [2.45, 2.75) is 32.6 Å². The van der Waals surface area contributed by atoms with Gasteiger partial charge in [-0.15, -0.1) is 0 Å². The summed E-state index contributed by atoms with van der Waals surface area (Å²) in [5.74, 6) is -0.783. The Morgan fingerprint density at radius 2 is 1.80 bits per heavy atom. The molecule has 1 aliphatic heterocycles. The van der Waals surface area contributed by atoms with Gasteiger partial charge in [0.2, 0.25) is 0 Å². The SMILES string of the molecule is CCCC1(C(=O)O)CCN(C(=O)O)CC1. The maximum absolute atomic E-state index is 11.2. The third kappa shape index (κ3) is 2.40. The zero-order valence-electron chi connectivity index (χ0n) is 8.90. The Labute approximate surface area is 88.7 Å². The van der Waals surface area contributed by atoms with E-state index in [0.717, 1.165) is 6.42 Å². The van der Waals surface area contributed by atoms with Crippen LogP contribution in [0, 0.1) is 5.41 Å². The van der Waals surface area contributed by atoms with E-state index in [9.17, 15) is 14.7 Å². The molecule has 0 aliphatic carbocycles. The van der Waals surface area contributed by atoms with Crippen LogP contribution in [0.2, 0.25) is 0 Å². The molecule has 1 fully saturated rings. The molecule has 1 rings (SSSR count). The van der Waals surface area contributed by atoms with Gasteiger partial charge in [-0.05, 0) is 19.3 Å². The minimum Gasteiger partial charge on any atom is -0.481 e. The molecule has 0 atom stereocenters. The van der Waals surface area contributed by atoms with Gasteiger partial charge >= 0.3 is 12.1 Å². The van der Waals surface area contributed by atoms with E-state index in [-0.39, 0.29) is 0 Å². The van der Waals surface area contributed by atoms with E-state index in [2.05, 4.69) is 0 Å². The smallest absolute Gasteiger partial charge is 0.407 e. The van der Waals surface area contributed by atoms with E-state index in [0.29, 0.717) is 32.4 Å². The van der Waals surface area contributed by atoms with Gasteiger partial charge in [0.25, 0.3) is 0 Å². The van der Waals surface area contributed by atoms with E-state index < -0.39 is 17.5 Å². The van der Waals surface area contributed by atoms with Crippen molar-refractivity contribution >= 4 is 12.1 Å². The quantitative estimate of drug-likeness (QED) is 0.750. The fourth-order valence-corrected chi connectivity index (χ4v) is 2.18. The maximum Gasteiger partial charge on any atom is 0.407 e. The molecule has 1 aliphatic rings. The van der Waals surface area contributed by atoms with Crippen molar-refractivity contribution in [1.29, 1.82) is 0 Å². The highest BCUT2D eigenvalue weighted by Gasteiger charge is 2.41. The fraction of sp³-hybridized carbons (Fsp3) is 0.800. The van der Waals surface area contributed by atoms with Crippen LogP contribution >= 0.6 is 0 Å². The van der Waals surface area contributed by atoms with Gasteiger partial charge < -0.3 is 15.1 Å². The number of amides is 1. The highest BCUT2D eigenvalue weighted by Crippen LogP contribution is 2.36. The van der Waals surface area contributed by atoms with Gasteiger partial charge in [-0.1, -0.05) is 13.3 Å². The summed E-state index contributed by atoms with van der Waals surface area (Å²) in [5.41, 5.74) is -0.694. The molecule has 0 aromatic rings. The van der Waals surface area contributed by atoms with Crippen LogP contribution < -0.4 is 0 Å². The number of rotatable bonds is 3. The Hall–Kier alpha value is -1.26. The lowest BCUT2D eigenvalue weighted by atomic mass is 9.75. The Bertz CT molecular complexity index is 256. The number of aliphatic carboxylic acids is 1. The molecule has 0 radical (unpaired) electrons. The lowest BCUT2D eigenvalue weighted by Crippen LogP contribution is -2.46. The summed E-state index contributed by atoms with van der Waals surface area (Å²) in [6.07, 6.45) is 1.37. The Balaban J connectivity index is 2.65. The van der Waals surface area contributed by atoms with Crippen LogP contribution in [-0.4, -0.2) is 40.3 Å². The lowest BCUT2D eigenvalue weighted by Gasteiger charge is -2.37. The standard InChI is InChI=1S/C10H17NO4/c1-2-3-10(8(12)13)4-6-11(7-5-10)9(14)15/h2-7H2,1H3,(H,12,13)(H,14,15). The monoisotopic (exact) mass is 215 g/mol. The maximum atomic E-state index is 11.2. The summed E-state index contributed by atoms with van der Waals surface area (Å²) in [6, 6.07) is 0. The van der Waals surface area contributed by atoms with Crippen LogP contribution in [-0.2, 0) is 4.79 Å². The minimum absolute atomic E-state index is 0.335. The summed E-state index contributed by atoms with van der Waals surface area (Å²) in [4.78, 5) is 23.1. The topological polar surface area (TPSA) is 77.8 Å². The summed E-state index contributed by atoms with van der Waals surface area (Å²) >= 11 is 0. The van der Waals surface area contributed by atoms with Crippen molar-refractivity contribution in [2.75, 3.05) is 13.1 Å². The third-order valence-electron chi connectivity index (χ3n) is 3.17. The molecule has 0 aromatic carbocycles. The molecule has 0 spiro atoms. The number of piperidine rings is 1. The average molecular weight is 215 g/mol. The second-order valence-corrected chi connectivity index (χ2v) is 4.11. The normalized spacial score (nSPS) is 19.9. The van der Waals surface area contributed by atoms with Crippen molar-refractivity contribution in [3.63, 3.8) is 0 Å². The Morgan fingerprint density at radius 1 is 1.27 bits per heavy atom. The van der Waals surface area contributed by atoms with E-state index >= 15 is 0 Å². The summed E-state index contributed by atoms with van der Waals surface area (Å²) in [6.45, 7) is 2.62. The first-order chi connectivity index (χ1) is 7.02. The van der Waals surface area contributed by atoms with Crippen LogP contribution in [0.25, 0.3) is 0 Å². The molecular weight excluding hydrogens is 198 g/mol. The summed E-state index contributed by atoms with van der Waals surface area (Å²) in [7, 11) is 0. The molecule has 1 saturated heterocycles. The molecule has 0 bridgehead atoms. The molecule has 15 heavy (non-hydrogen) atoms. The van der Waals surface area contributed by atoms with Crippen molar-refractivity contribution < 1.29 is 19.8 Å². The number of carboxylic acid groups (broad SMARTS) is 2. The molecule has 86 valence electrons. The fourth-order valence-electron chi connectivity index (χ4n) is 2.18. The first-order valence-corrected chi connectivity index (χ1v) is 5.23. The zero-order chi connectivity index (χ0) is 11.5. The molecule has 5 nitrogen and oxygen atoms in total. The predicted molar refractivity (Wildman–Crippen MR) is 53.8 cm³/mol. The molecule has 1 amide bonds. The molecule has 2 N–H and O–H groups in total.